The SMILES string of the molecule is CCCCCCCOC(Cc1cccc(OC(=O)O)c1O)OCCCCCCC. The first-order chi connectivity index (χ1) is 14.1. The molecule has 1 rings (SSSR count). The smallest absolute Gasteiger partial charge is 0.504 e. The van der Waals surface area contributed by atoms with Gasteiger partial charge >= 0.3 is 6.16 Å². The summed E-state index contributed by atoms with van der Waals surface area (Å²) in [4.78, 5) is 10.8. The Kier molecular flexibility index (Phi) is 14.0. The first-order valence-electron chi connectivity index (χ1n) is 11.0. The summed E-state index contributed by atoms with van der Waals surface area (Å²) < 4.78 is 16.5. The van der Waals surface area contributed by atoms with Gasteiger partial charge in [0.15, 0.2) is 17.8 Å². The van der Waals surface area contributed by atoms with E-state index in [1.54, 1.807) is 12.1 Å². The third-order valence-electron chi connectivity index (χ3n) is 4.77. The fourth-order valence-corrected chi connectivity index (χ4v) is 3.10. The highest BCUT2D eigenvalue weighted by atomic mass is 16.7. The Bertz CT molecular complexity index is 544. The summed E-state index contributed by atoms with van der Waals surface area (Å²) in [6.45, 7) is 5.59. The van der Waals surface area contributed by atoms with Crippen LogP contribution in [0.4, 0.5) is 4.79 Å². The van der Waals surface area contributed by atoms with Crippen molar-refractivity contribution in [3.05, 3.63) is 23.8 Å². The second-order valence-corrected chi connectivity index (χ2v) is 7.34. The van der Waals surface area contributed by atoms with E-state index in [2.05, 4.69) is 18.6 Å². The van der Waals surface area contributed by atoms with E-state index in [0.717, 1.165) is 25.7 Å². The van der Waals surface area contributed by atoms with Crippen molar-refractivity contribution in [2.45, 2.75) is 90.8 Å². The number of carboxylic acid groups (broad SMARTS) is 1. The van der Waals surface area contributed by atoms with Crippen LogP contribution in [-0.4, -0.2) is 35.9 Å². The molecule has 1 aromatic rings. The monoisotopic (exact) mass is 410 g/mol. The van der Waals surface area contributed by atoms with Gasteiger partial charge in [0.2, 0.25) is 0 Å². The van der Waals surface area contributed by atoms with Crippen LogP contribution in [0.5, 0.6) is 11.5 Å². The molecular weight excluding hydrogens is 372 g/mol. The number of phenols is 1. The lowest BCUT2D eigenvalue weighted by atomic mass is 10.1. The molecule has 1 aromatic carbocycles. The third kappa shape index (κ3) is 11.7. The summed E-state index contributed by atoms with van der Waals surface area (Å²) in [5.74, 6) is -0.258. The number of unbranched alkanes of at least 4 members (excludes halogenated alkanes) is 8. The van der Waals surface area contributed by atoms with E-state index in [1.807, 2.05) is 0 Å². The van der Waals surface area contributed by atoms with Crippen LogP contribution in [0.2, 0.25) is 0 Å². The Labute approximate surface area is 175 Å². The van der Waals surface area contributed by atoms with Gasteiger partial charge in [-0.2, -0.15) is 0 Å². The summed E-state index contributed by atoms with van der Waals surface area (Å²) in [7, 11) is 0. The van der Waals surface area contributed by atoms with Crippen molar-refractivity contribution < 1.29 is 29.2 Å². The number of hydrogen-bond acceptors (Lipinski definition) is 5. The van der Waals surface area contributed by atoms with E-state index in [0.29, 0.717) is 25.2 Å². The van der Waals surface area contributed by atoms with Gasteiger partial charge in [-0.3, -0.25) is 0 Å². The van der Waals surface area contributed by atoms with Gasteiger partial charge < -0.3 is 24.4 Å². The second-order valence-electron chi connectivity index (χ2n) is 7.34. The van der Waals surface area contributed by atoms with Crippen molar-refractivity contribution in [1.29, 1.82) is 0 Å². The Morgan fingerprint density at radius 3 is 1.97 bits per heavy atom. The molecule has 6 nitrogen and oxygen atoms in total. The Hall–Kier alpha value is -1.79. The molecule has 0 saturated heterocycles. The van der Waals surface area contributed by atoms with Crippen LogP contribution in [0.1, 0.15) is 83.6 Å². The maximum Gasteiger partial charge on any atom is 0.511 e. The van der Waals surface area contributed by atoms with Crippen LogP contribution in [0.3, 0.4) is 0 Å². The van der Waals surface area contributed by atoms with E-state index >= 15 is 0 Å². The van der Waals surface area contributed by atoms with E-state index < -0.39 is 12.4 Å². The average molecular weight is 411 g/mol. The molecule has 0 aliphatic heterocycles. The van der Waals surface area contributed by atoms with Crippen LogP contribution in [-0.2, 0) is 15.9 Å². The number of ether oxygens (including phenoxy) is 3. The number of rotatable bonds is 17. The zero-order chi connectivity index (χ0) is 21.3. The van der Waals surface area contributed by atoms with Gasteiger partial charge in [0.25, 0.3) is 0 Å². The Morgan fingerprint density at radius 2 is 1.45 bits per heavy atom. The third-order valence-corrected chi connectivity index (χ3v) is 4.77. The topological polar surface area (TPSA) is 85.2 Å². The fourth-order valence-electron chi connectivity index (χ4n) is 3.10. The van der Waals surface area contributed by atoms with Gasteiger partial charge in [0, 0.05) is 25.2 Å². The van der Waals surface area contributed by atoms with Gasteiger partial charge in [-0.1, -0.05) is 77.3 Å². The van der Waals surface area contributed by atoms with Gasteiger partial charge in [-0.05, 0) is 18.9 Å². The average Bonchev–Trinajstić information content (AvgIpc) is 2.69. The lowest BCUT2D eigenvalue weighted by Crippen LogP contribution is -2.22. The fraction of sp³-hybridized carbons (Fsp3) is 0.696. The summed E-state index contributed by atoms with van der Waals surface area (Å²) in [5, 5.41) is 19.1. The van der Waals surface area contributed by atoms with Gasteiger partial charge in [-0.15, -0.1) is 0 Å². The molecule has 0 heterocycles. The maximum absolute atomic E-state index is 10.8. The highest BCUT2D eigenvalue weighted by Crippen LogP contribution is 2.31. The minimum Gasteiger partial charge on any atom is -0.504 e. The molecular formula is C23H38O6. The summed E-state index contributed by atoms with van der Waals surface area (Å²) in [6, 6.07) is 4.80. The summed E-state index contributed by atoms with van der Waals surface area (Å²) >= 11 is 0. The van der Waals surface area contributed by atoms with Crippen LogP contribution in [0.25, 0.3) is 0 Å². The molecule has 0 unspecified atom stereocenters. The van der Waals surface area contributed by atoms with Crippen molar-refractivity contribution >= 4 is 6.16 Å². The molecule has 0 amide bonds. The van der Waals surface area contributed by atoms with Crippen molar-refractivity contribution in [2.75, 3.05) is 13.2 Å². The van der Waals surface area contributed by atoms with E-state index in [4.69, 9.17) is 14.6 Å². The largest absolute Gasteiger partial charge is 0.511 e. The molecule has 0 spiro atoms. The molecule has 0 aliphatic rings. The highest BCUT2D eigenvalue weighted by Gasteiger charge is 2.17. The molecule has 0 bridgehead atoms. The number of para-hydroxylation sites is 1. The van der Waals surface area contributed by atoms with Crippen LogP contribution in [0.15, 0.2) is 18.2 Å². The quantitative estimate of drug-likeness (QED) is 0.136. The first-order valence-corrected chi connectivity index (χ1v) is 11.0. The summed E-state index contributed by atoms with van der Waals surface area (Å²) in [6.07, 6.45) is 9.92. The lowest BCUT2D eigenvalue weighted by Gasteiger charge is -2.20. The van der Waals surface area contributed by atoms with E-state index in [1.165, 1.54) is 44.6 Å². The van der Waals surface area contributed by atoms with E-state index in [9.17, 15) is 9.90 Å². The molecule has 0 radical (unpaired) electrons. The zero-order valence-electron chi connectivity index (χ0n) is 18.0. The highest BCUT2D eigenvalue weighted by molar-refractivity contribution is 5.63. The lowest BCUT2D eigenvalue weighted by molar-refractivity contribution is -0.142. The molecule has 29 heavy (non-hydrogen) atoms. The van der Waals surface area contributed by atoms with Crippen molar-refractivity contribution in [3.8, 4) is 11.5 Å². The zero-order valence-corrected chi connectivity index (χ0v) is 18.0. The van der Waals surface area contributed by atoms with Crippen molar-refractivity contribution in [3.63, 3.8) is 0 Å². The van der Waals surface area contributed by atoms with Gasteiger partial charge in [0.05, 0.1) is 0 Å². The maximum atomic E-state index is 10.8. The number of aromatic hydroxyl groups is 1. The number of benzene rings is 1. The van der Waals surface area contributed by atoms with Crippen LogP contribution < -0.4 is 4.74 Å². The molecule has 2 N–H and O–H groups in total. The number of hydrogen-bond donors (Lipinski definition) is 2. The Balaban J connectivity index is 2.58. The van der Waals surface area contributed by atoms with Gasteiger partial charge in [0.1, 0.15) is 0 Å². The molecule has 0 fully saturated rings. The van der Waals surface area contributed by atoms with Crippen LogP contribution >= 0.6 is 0 Å². The summed E-state index contributed by atoms with van der Waals surface area (Å²) in [5.41, 5.74) is 0.547. The second kappa shape index (κ2) is 16.1. The van der Waals surface area contributed by atoms with Crippen LogP contribution in [0, 0.1) is 0 Å². The Morgan fingerprint density at radius 1 is 0.897 bits per heavy atom. The molecule has 6 heteroatoms. The van der Waals surface area contributed by atoms with Crippen molar-refractivity contribution in [1.82, 2.24) is 0 Å². The number of phenolic OH excluding ortho intramolecular Hbond substituents is 1. The normalized spacial score (nSPS) is 11.1. The van der Waals surface area contributed by atoms with Gasteiger partial charge in [-0.25, -0.2) is 4.79 Å². The molecule has 166 valence electrons. The molecule has 0 aromatic heterocycles. The minimum absolute atomic E-state index is 0.0760. The number of carbonyl (C=O) groups is 1. The predicted octanol–water partition coefficient (Wildman–Crippen LogP) is 6.29. The minimum atomic E-state index is -1.46. The molecule has 0 atom stereocenters. The van der Waals surface area contributed by atoms with E-state index in [-0.39, 0.29) is 11.5 Å². The molecule has 0 saturated carbocycles. The van der Waals surface area contributed by atoms with Crippen molar-refractivity contribution in [2.24, 2.45) is 0 Å². The predicted molar refractivity (Wildman–Crippen MR) is 114 cm³/mol. The molecule has 0 aliphatic carbocycles. The standard InChI is InChI=1S/C23H38O6/c1-3-5-7-9-11-16-27-21(28-17-12-10-8-6-4-2)18-19-14-13-15-20(22(19)24)29-23(25)26/h13-15,21,24H,3-12,16-18H2,1-2H3,(H,25,26). The first kappa shape index (κ1) is 25.2.